The molecular weight excluding hydrogens is 204 g/mol. The van der Waals surface area contributed by atoms with Gasteiger partial charge < -0.3 is 15.0 Å². The standard InChI is InChI=1S/C12H20N2O2/c15-11(10-2-1-7-16-10)14-6-4-12(9-14)3-5-13-8-12/h10,13H,1-9H2/t10-,12?/m0/s1. The Bertz CT molecular complexity index is 281. The summed E-state index contributed by atoms with van der Waals surface area (Å²) >= 11 is 0. The van der Waals surface area contributed by atoms with Crippen LogP contribution < -0.4 is 5.32 Å². The molecule has 0 aromatic rings. The van der Waals surface area contributed by atoms with Crippen LogP contribution in [0.15, 0.2) is 0 Å². The van der Waals surface area contributed by atoms with Gasteiger partial charge in [-0.15, -0.1) is 0 Å². The molecular formula is C12H20N2O2. The molecule has 3 saturated heterocycles. The second-order valence-corrected chi connectivity index (χ2v) is 5.44. The topological polar surface area (TPSA) is 41.6 Å². The number of nitrogens with one attached hydrogen (secondary N) is 1. The van der Waals surface area contributed by atoms with E-state index in [4.69, 9.17) is 4.74 Å². The molecule has 0 aliphatic carbocycles. The van der Waals surface area contributed by atoms with Crippen molar-refractivity contribution in [2.75, 3.05) is 32.8 Å². The molecule has 0 aromatic carbocycles. The summed E-state index contributed by atoms with van der Waals surface area (Å²) in [6, 6.07) is 0. The molecule has 3 heterocycles. The van der Waals surface area contributed by atoms with Crippen molar-refractivity contribution in [3.8, 4) is 0 Å². The van der Waals surface area contributed by atoms with Gasteiger partial charge in [0.2, 0.25) is 0 Å². The van der Waals surface area contributed by atoms with E-state index in [2.05, 4.69) is 5.32 Å². The van der Waals surface area contributed by atoms with Crippen LogP contribution in [-0.2, 0) is 9.53 Å². The molecule has 1 unspecified atom stereocenters. The molecule has 2 atom stereocenters. The number of hydrogen-bond donors (Lipinski definition) is 1. The highest BCUT2D eigenvalue weighted by Crippen LogP contribution is 2.36. The number of carbonyl (C=O) groups excluding carboxylic acids is 1. The summed E-state index contributed by atoms with van der Waals surface area (Å²) in [5.41, 5.74) is 0.383. The van der Waals surface area contributed by atoms with Gasteiger partial charge in [-0.1, -0.05) is 0 Å². The van der Waals surface area contributed by atoms with Crippen LogP contribution in [0.4, 0.5) is 0 Å². The number of likely N-dealkylation sites (tertiary alicyclic amines) is 1. The summed E-state index contributed by atoms with van der Waals surface area (Å²) in [6.07, 6.45) is 4.21. The Kier molecular flexibility index (Phi) is 2.64. The number of nitrogens with zero attached hydrogens (tertiary/aromatic N) is 1. The molecule has 4 nitrogen and oxygen atoms in total. The van der Waals surface area contributed by atoms with Crippen LogP contribution in [-0.4, -0.2) is 49.7 Å². The predicted octanol–water partition coefficient (Wildman–Crippen LogP) is 0.377. The lowest BCUT2D eigenvalue weighted by Crippen LogP contribution is -2.39. The van der Waals surface area contributed by atoms with Gasteiger partial charge in [0, 0.05) is 31.7 Å². The van der Waals surface area contributed by atoms with Crippen molar-refractivity contribution in [1.82, 2.24) is 10.2 Å². The summed E-state index contributed by atoms with van der Waals surface area (Å²) in [6.45, 7) is 4.83. The quantitative estimate of drug-likeness (QED) is 0.700. The first kappa shape index (κ1) is 10.5. The van der Waals surface area contributed by atoms with E-state index in [9.17, 15) is 4.79 Å². The molecule has 1 spiro atoms. The minimum absolute atomic E-state index is 0.135. The van der Waals surface area contributed by atoms with Crippen LogP contribution in [0.3, 0.4) is 0 Å². The minimum Gasteiger partial charge on any atom is -0.368 e. The first-order valence-corrected chi connectivity index (χ1v) is 6.40. The van der Waals surface area contributed by atoms with Gasteiger partial charge in [-0.05, 0) is 32.2 Å². The van der Waals surface area contributed by atoms with Crippen molar-refractivity contribution in [2.45, 2.75) is 31.8 Å². The molecule has 1 amide bonds. The summed E-state index contributed by atoms with van der Waals surface area (Å²) in [7, 11) is 0. The number of carbonyl (C=O) groups is 1. The maximum Gasteiger partial charge on any atom is 0.251 e. The van der Waals surface area contributed by atoms with Gasteiger partial charge >= 0.3 is 0 Å². The van der Waals surface area contributed by atoms with Crippen LogP contribution in [0.1, 0.15) is 25.7 Å². The fraction of sp³-hybridized carbons (Fsp3) is 0.917. The van der Waals surface area contributed by atoms with Gasteiger partial charge in [-0.3, -0.25) is 4.79 Å². The third kappa shape index (κ3) is 1.74. The predicted molar refractivity (Wildman–Crippen MR) is 60.1 cm³/mol. The van der Waals surface area contributed by atoms with E-state index in [-0.39, 0.29) is 12.0 Å². The number of rotatable bonds is 1. The van der Waals surface area contributed by atoms with Crippen molar-refractivity contribution in [3.63, 3.8) is 0 Å². The Morgan fingerprint density at radius 1 is 1.44 bits per heavy atom. The molecule has 3 fully saturated rings. The lowest BCUT2D eigenvalue weighted by Gasteiger charge is -2.24. The molecule has 0 aromatic heterocycles. The molecule has 0 saturated carbocycles. The van der Waals surface area contributed by atoms with Crippen molar-refractivity contribution in [2.24, 2.45) is 5.41 Å². The Morgan fingerprint density at radius 2 is 2.38 bits per heavy atom. The molecule has 0 radical (unpaired) electrons. The Morgan fingerprint density at radius 3 is 3.06 bits per heavy atom. The Labute approximate surface area is 96.3 Å². The third-order valence-corrected chi connectivity index (χ3v) is 4.29. The number of amides is 1. The first-order chi connectivity index (χ1) is 7.79. The smallest absolute Gasteiger partial charge is 0.251 e. The van der Waals surface area contributed by atoms with E-state index < -0.39 is 0 Å². The highest BCUT2D eigenvalue weighted by molar-refractivity contribution is 5.81. The van der Waals surface area contributed by atoms with E-state index in [1.807, 2.05) is 4.90 Å². The first-order valence-electron chi connectivity index (χ1n) is 6.40. The molecule has 1 N–H and O–H groups in total. The summed E-state index contributed by atoms with van der Waals surface area (Å²) < 4.78 is 5.47. The highest BCUT2D eigenvalue weighted by atomic mass is 16.5. The summed E-state index contributed by atoms with van der Waals surface area (Å²) in [5, 5.41) is 3.41. The molecule has 16 heavy (non-hydrogen) atoms. The fourth-order valence-electron chi connectivity index (χ4n) is 3.24. The minimum atomic E-state index is -0.135. The molecule has 90 valence electrons. The van der Waals surface area contributed by atoms with E-state index in [0.717, 1.165) is 45.6 Å². The van der Waals surface area contributed by atoms with E-state index in [1.54, 1.807) is 0 Å². The Balaban J connectivity index is 1.62. The van der Waals surface area contributed by atoms with Crippen LogP contribution in [0, 0.1) is 5.41 Å². The maximum absolute atomic E-state index is 12.2. The van der Waals surface area contributed by atoms with Crippen molar-refractivity contribution < 1.29 is 9.53 Å². The van der Waals surface area contributed by atoms with Crippen molar-refractivity contribution in [1.29, 1.82) is 0 Å². The number of hydrogen-bond acceptors (Lipinski definition) is 3. The van der Waals surface area contributed by atoms with Gasteiger partial charge in [0.15, 0.2) is 0 Å². The summed E-state index contributed by atoms with van der Waals surface area (Å²) in [5.74, 6) is 0.237. The van der Waals surface area contributed by atoms with Gasteiger partial charge in [0.05, 0.1) is 0 Å². The normalized spacial score (nSPS) is 38.8. The maximum atomic E-state index is 12.2. The molecule has 3 aliphatic heterocycles. The van der Waals surface area contributed by atoms with Crippen molar-refractivity contribution in [3.05, 3.63) is 0 Å². The Hall–Kier alpha value is -0.610. The second kappa shape index (κ2) is 4.00. The van der Waals surface area contributed by atoms with E-state index in [0.29, 0.717) is 5.41 Å². The fourth-order valence-corrected chi connectivity index (χ4v) is 3.24. The van der Waals surface area contributed by atoms with Crippen LogP contribution >= 0.6 is 0 Å². The average molecular weight is 224 g/mol. The molecule has 4 heteroatoms. The lowest BCUT2D eigenvalue weighted by molar-refractivity contribution is -0.140. The van der Waals surface area contributed by atoms with E-state index in [1.165, 1.54) is 12.8 Å². The largest absolute Gasteiger partial charge is 0.368 e. The summed E-state index contributed by atoms with van der Waals surface area (Å²) in [4.78, 5) is 14.2. The molecule has 3 rings (SSSR count). The SMILES string of the molecule is O=C([C@@H]1CCCO1)N1CCC2(CCNC2)C1. The molecule has 0 bridgehead atoms. The van der Waals surface area contributed by atoms with Crippen LogP contribution in [0.5, 0.6) is 0 Å². The van der Waals surface area contributed by atoms with E-state index >= 15 is 0 Å². The molecule has 3 aliphatic rings. The van der Waals surface area contributed by atoms with Gasteiger partial charge in [0.1, 0.15) is 6.10 Å². The van der Waals surface area contributed by atoms with Crippen molar-refractivity contribution >= 4 is 5.91 Å². The zero-order valence-corrected chi connectivity index (χ0v) is 9.71. The van der Waals surface area contributed by atoms with Gasteiger partial charge in [-0.25, -0.2) is 0 Å². The highest BCUT2D eigenvalue weighted by Gasteiger charge is 2.43. The second-order valence-electron chi connectivity index (χ2n) is 5.44. The van der Waals surface area contributed by atoms with Crippen LogP contribution in [0.2, 0.25) is 0 Å². The van der Waals surface area contributed by atoms with Gasteiger partial charge in [-0.2, -0.15) is 0 Å². The average Bonchev–Trinajstić information content (AvgIpc) is 3.01. The zero-order chi connectivity index (χ0) is 11.0. The zero-order valence-electron chi connectivity index (χ0n) is 9.71. The van der Waals surface area contributed by atoms with Crippen LogP contribution in [0.25, 0.3) is 0 Å². The number of ether oxygens (including phenoxy) is 1. The third-order valence-electron chi connectivity index (χ3n) is 4.29. The van der Waals surface area contributed by atoms with Gasteiger partial charge in [0.25, 0.3) is 5.91 Å². The lowest BCUT2D eigenvalue weighted by atomic mass is 9.86. The monoisotopic (exact) mass is 224 g/mol.